The molecule has 0 atom stereocenters. The topological polar surface area (TPSA) is 69.6 Å². The lowest BCUT2D eigenvalue weighted by Crippen LogP contribution is -2.24. The molecule has 0 radical (unpaired) electrons. The minimum absolute atomic E-state index is 0.0352. The van der Waals surface area contributed by atoms with Crippen LogP contribution >= 0.6 is 0 Å². The van der Waals surface area contributed by atoms with Crippen LogP contribution in [0.3, 0.4) is 0 Å². The molecule has 24 heavy (non-hydrogen) atoms. The highest BCUT2D eigenvalue weighted by Gasteiger charge is 2.01. The molecule has 0 saturated heterocycles. The van der Waals surface area contributed by atoms with Crippen molar-refractivity contribution in [3.8, 4) is 11.5 Å². The highest BCUT2D eigenvalue weighted by Crippen LogP contribution is 2.25. The van der Waals surface area contributed by atoms with E-state index in [9.17, 15) is 15.0 Å². The predicted molar refractivity (Wildman–Crippen MR) is 98.2 cm³/mol. The number of benzene rings is 1. The Morgan fingerprint density at radius 3 is 2.12 bits per heavy atom. The zero-order valence-electron chi connectivity index (χ0n) is 14.8. The van der Waals surface area contributed by atoms with Gasteiger partial charge in [0.25, 0.3) is 0 Å². The maximum absolute atomic E-state index is 11.3. The molecule has 0 aliphatic rings. The number of hydrogen-bond acceptors (Lipinski definition) is 3. The van der Waals surface area contributed by atoms with Crippen LogP contribution in [-0.2, 0) is 11.2 Å². The van der Waals surface area contributed by atoms with Crippen molar-refractivity contribution in [1.82, 2.24) is 5.32 Å². The minimum atomic E-state index is -0.0575. The minimum Gasteiger partial charge on any atom is -0.504 e. The van der Waals surface area contributed by atoms with E-state index in [2.05, 4.69) is 11.9 Å². The molecule has 0 aromatic heterocycles. The number of aromatic hydroxyl groups is 2. The third-order valence-electron chi connectivity index (χ3n) is 4.11. The van der Waals surface area contributed by atoms with Crippen molar-refractivity contribution in [3.63, 3.8) is 0 Å². The van der Waals surface area contributed by atoms with Crippen LogP contribution in [-0.4, -0.2) is 22.7 Å². The number of hydrogen-bond donors (Lipinski definition) is 3. The number of rotatable bonds is 12. The molecular weight excluding hydrogens is 302 g/mol. The van der Waals surface area contributed by atoms with Gasteiger partial charge in [0.15, 0.2) is 11.5 Å². The summed E-state index contributed by atoms with van der Waals surface area (Å²) in [6, 6.07) is 5.05. The van der Waals surface area contributed by atoms with E-state index in [1.807, 2.05) is 6.07 Å². The fourth-order valence-corrected chi connectivity index (χ4v) is 2.59. The van der Waals surface area contributed by atoms with Crippen LogP contribution in [0.1, 0.15) is 63.9 Å². The number of amides is 1. The molecule has 0 aliphatic heterocycles. The molecule has 0 fully saturated rings. The van der Waals surface area contributed by atoms with Crippen LogP contribution in [0.15, 0.2) is 30.4 Å². The van der Waals surface area contributed by atoms with Crippen LogP contribution < -0.4 is 5.32 Å². The fraction of sp³-hybridized carbons (Fsp3) is 0.550. The summed E-state index contributed by atoms with van der Waals surface area (Å²) in [6.45, 7) is 6.07. The standard InChI is InChI=1S/C20H31NO3/c1-16(2)20(24)21-14-10-8-6-4-3-5-7-9-11-17-12-13-18(22)19(23)15-17/h12-13,15,22-23H,1,3-11,14H2,2H3,(H,21,24). The first kappa shape index (κ1) is 20.1. The van der Waals surface area contributed by atoms with E-state index in [1.165, 1.54) is 32.1 Å². The smallest absolute Gasteiger partial charge is 0.246 e. The van der Waals surface area contributed by atoms with E-state index in [0.29, 0.717) is 5.57 Å². The number of aryl methyl sites for hydroxylation is 1. The van der Waals surface area contributed by atoms with Gasteiger partial charge in [0, 0.05) is 12.1 Å². The van der Waals surface area contributed by atoms with Crippen molar-refractivity contribution >= 4 is 5.91 Å². The Morgan fingerprint density at radius 2 is 1.54 bits per heavy atom. The van der Waals surface area contributed by atoms with Crippen LogP contribution in [0.4, 0.5) is 0 Å². The first-order chi connectivity index (χ1) is 11.5. The quantitative estimate of drug-likeness (QED) is 0.301. The summed E-state index contributed by atoms with van der Waals surface area (Å²) in [5, 5.41) is 21.6. The molecule has 0 aliphatic carbocycles. The molecule has 3 N–H and O–H groups in total. The lowest BCUT2D eigenvalue weighted by atomic mass is 10.0. The van der Waals surface area contributed by atoms with Crippen molar-refractivity contribution in [2.75, 3.05) is 6.54 Å². The van der Waals surface area contributed by atoms with E-state index in [-0.39, 0.29) is 17.4 Å². The van der Waals surface area contributed by atoms with E-state index in [4.69, 9.17) is 0 Å². The molecule has 4 heteroatoms. The largest absolute Gasteiger partial charge is 0.504 e. The molecule has 4 nitrogen and oxygen atoms in total. The number of nitrogens with one attached hydrogen (secondary N) is 1. The van der Waals surface area contributed by atoms with Gasteiger partial charge >= 0.3 is 0 Å². The Hall–Kier alpha value is -1.97. The summed E-state index contributed by atoms with van der Waals surface area (Å²) >= 11 is 0. The second-order valence-electron chi connectivity index (χ2n) is 6.44. The van der Waals surface area contributed by atoms with Gasteiger partial charge in [0.05, 0.1) is 0 Å². The zero-order valence-corrected chi connectivity index (χ0v) is 14.8. The van der Waals surface area contributed by atoms with Gasteiger partial charge in [0.1, 0.15) is 0 Å². The molecule has 1 aromatic rings. The number of unbranched alkanes of at least 4 members (excludes halogenated alkanes) is 7. The molecule has 0 heterocycles. The number of phenolic OH excluding ortho intramolecular Hbond substituents is 2. The number of carbonyl (C=O) groups excluding carboxylic acids is 1. The third-order valence-corrected chi connectivity index (χ3v) is 4.11. The molecule has 134 valence electrons. The third kappa shape index (κ3) is 8.61. The van der Waals surface area contributed by atoms with Crippen LogP contribution in [0.25, 0.3) is 0 Å². The summed E-state index contributed by atoms with van der Waals surface area (Å²) in [6.07, 6.45) is 10.4. The molecule has 1 rings (SSSR count). The van der Waals surface area contributed by atoms with E-state index in [0.717, 1.165) is 37.8 Å². The maximum atomic E-state index is 11.3. The second kappa shape index (κ2) is 11.5. The summed E-state index contributed by atoms with van der Waals surface area (Å²) < 4.78 is 0. The van der Waals surface area contributed by atoms with Crippen LogP contribution in [0, 0.1) is 0 Å². The van der Waals surface area contributed by atoms with Crippen molar-refractivity contribution in [1.29, 1.82) is 0 Å². The maximum Gasteiger partial charge on any atom is 0.246 e. The van der Waals surface area contributed by atoms with Gasteiger partial charge < -0.3 is 15.5 Å². The summed E-state index contributed by atoms with van der Waals surface area (Å²) in [7, 11) is 0. The fourth-order valence-electron chi connectivity index (χ4n) is 2.59. The lowest BCUT2D eigenvalue weighted by molar-refractivity contribution is -0.117. The van der Waals surface area contributed by atoms with Crippen molar-refractivity contribution < 1.29 is 15.0 Å². The first-order valence-corrected chi connectivity index (χ1v) is 8.95. The summed E-state index contributed by atoms with van der Waals surface area (Å²) in [5.74, 6) is -0.137. The Bertz CT molecular complexity index is 526. The number of carbonyl (C=O) groups is 1. The lowest BCUT2D eigenvalue weighted by Gasteiger charge is -2.05. The molecule has 0 bridgehead atoms. The predicted octanol–water partition coefficient (Wildman–Crippen LogP) is 4.45. The Morgan fingerprint density at radius 1 is 0.958 bits per heavy atom. The normalized spacial score (nSPS) is 10.5. The van der Waals surface area contributed by atoms with Gasteiger partial charge in [-0.15, -0.1) is 0 Å². The first-order valence-electron chi connectivity index (χ1n) is 8.95. The molecule has 0 unspecified atom stereocenters. The van der Waals surface area contributed by atoms with E-state index in [1.54, 1.807) is 19.1 Å². The molecule has 1 aromatic carbocycles. The average molecular weight is 333 g/mol. The van der Waals surface area contributed by atoms with Gasteiger partial charge in [-0.05, 0) is 43.9 Å². The summed E-state index contributed by atoms with van der Waals surface area (Å²) in [5.41, 5.74) is 1.64. The molecular formula is C20H31NO3. The van der Waals surface area contributed by atoms with Gasteiger partial charge in [-0.25, -0.2) is 0 Å². The number of phenols is 2. The Kier molecular flexibility index (Phi) is 9.66. The van der Waals surface area contributed by atoms with Crippen molar-refractivity contribution in [2.45, 2.75) is 64.7 Å². The SMILES string of the molecule is C=C(C)C(=O)NCCCCCCCCCCc1ccc(O)c(O)c1. The van der Waals surface area contributed by atoms with Gasteiger partial charge in [-0.3, -0.25) is 4.79 Å². The van der Waals surface area contributed by atoms with E-state index < -0.39 is 0 Å². The Labute approximate surface area is 145 Å². The Balaban J connectivity index is 1.91. The monoisotopic (exact) mass is 333 g/mol. The molecule has 1 amide bonds. The summed E-state index contributed by atoms with van der Waals surface area (Å²) in [4.78, 5) is 11.3. The van der Waals surface area contributed by atoms with Crippen LogP contribution in [0.2, 0.25) is 0 Å². The average Bonchev–Trinajstić information content (AvgIpc) is 2.55. The zero-order chi connectivity index (χ0) is 17.8. The van der Waals surface area contributed by atoms with E-state index >= 15 is 0 Å². The highest BCUT2D eigenvalue weighted by molar-refractivity contribution is 5.91. The highest BCUT2D eigenvalue weighted by atomic mass is 16.3. The van der Waals surface area contributed by atoms with Gasteiger partial charge in [-0.2, -0.15) is 0 Å². The second-order valence-corrected chi connectivity index (χ2v) is 6.44. The van der Waals surface area contributed by atoms with Gasteiger partial charge in [-0.1, -0.05) is 51.2 Å². The molecule has 0 spiro atoms. The van der Waals surface area contributed by atoms with Crippen LogP contribution in [0.5, 0.6) is 11.5 Å². The molecule has 0 saturated carbocycles. The van der Waals surface area contributed by atoms with Gasteiger partial charge in [0.2, 0.25) is 5.91 Å². The van der Waals surface area contributed by atoms with Crippen molar-refractivity contribution in [3.05, 3.63) is 35.9 Å². The van der Waals surface area contributed by atoms with Crippen molar-refractivity contribution in [2.24, 2.45) is 0 Å².